The third-order valence-electron chi connectivity index (χ3n) is 4.14. The number of rotatable bonds is 7. The Morgan fingerprint density at radius 1 is 1.27 bits per heavy atom. The highest BCUT2D eigenvalue weighted by Gasteiger charge is 2.41. The van der Waals surface area contributed by atoms with Gasteiger partial charge in [0, 0.05) is 27.2 Å². The first-order valence-corrected chi connectivity index (χ1v) is 8.41. The molecule has 0 unspecified atom stereocenters. The Morgan fingerprint density at radius 2 is 1.95 bits per heavy atom. The minimum absolute atomic E-state index is 0.221. The quantitative estimate of drug-likeness (QED) is 0.328. The van der Waals surface area contributed by atoms with Crippen LogP contribution in [-0.4, -0.2) is 50.5 Å². The number of amides is 1. The molecule has 0 spiro atoms. The number of carbonyl (C=O) groups excluding carboxylic acids is 1. The SMILES string of the molecule is C/C=C/CCNC(=NCC1(C(=O)N(C)C)CCCC1)NCC. The lowest BCUT2D eigenvalue weighted by molar-refractivity contribution is -0.138. The van der Waals surface area contributed by atoms with E-state index in [0.717, 1.165) is 51.2 Å². The molecule has 1 rings (SSSR count). The highest BCUT2D eigenvalue weighted by Crippen LogP contribution is 2.39. The number of carbonyl (C=O) groups is 1. The van der Waals surface area contributed by atoms with Gasteiger partial charge in [-0.1, -0.05) is 25.0 Å². The molecule has 0 heterocycles. The summed E-state index contributed by atoms with van der Waals surface area (Å²) >= 11 is 0. The lowest BCUT2D eigenvalue weighted by Crippen LogP contribution is -2.43. The summed E-state index contributed by atoms with van der Waals surface area (Å²) in [5, 5.41) is 6.59. The molecule has 1 amide bonds. The molecule has 22 heavy (non-hydrogen) atoms. The average molecular weight is 308 g/mol. The first-order chi connectivity index (χ1) is 10.6. The summed E-state index contributed by atoms with van der Waals surface area (Å²) in [7, 11) is 3.68. The van der Waals surface area contributed by atoms with Crippen LogP contribution in [0.3, 0.4) is 0 Å². The van der Waals surface area contributed by atoms with Crippen LogP contribution in [0.15, 0.2) is 17.1 Å². The molecule has 0 atom stereocenters. The van der Waals surface area contributed by atoms with Gasteiger partial charge in [-0.3, -0.25) is 9.79 Å². The van der Waals surface area contributed by atoms with Gasteiger partial charge in [0.1, 0.15) is 0 Å². The van der Waals surface area contributed by atoms with E-state index in [-0.39, 0.29) is 11.3 Å². The van der Waals surface area contributed by atoms with Crippen molar-refractivity contribution in [2.75, 3.05) is 33.7 Å². The molecule has 1 fully saturated rings. The van der Waals surface area contributed by atoms with Gasteiger partial charge in [-0.2, -0.15) is 0 Å². The van der Waals surface area contributed by atoms with E-state index >= 15 is 0 Å². The normalized spacial score (nSPS) is 17.7. The van der Waals surface area contributed by atoms with Gasteiger partial charge in [-0.05, 0) is 33.1 Å². The van der Waals surface area contributed by atoms with Crippen LogP contribution >= 0.6 is 0 Å². The monoisotopic (exact) mass is 308 g/mol. The van der Waals surface area contributed by atoms with Crippen molar-refractivity contribution < 1.29 is 4.79 Å². The Bertz CT molecular complexity index is 395. The third-order valence-corrected chi connectivity index (χ3v) is 4.14. The van der Waals surface area contributed by atoms with E-state index in [9.17, 15) is 4.79 Å². The molecule has 1 aliphatic carbocycles. The third kappa shape index (κ3) is 5.35. The molecule has 5 heteroatoms. The second-order valence-corrected chi connectivity index (χ2v) is 6.17. The number of allylic oxidation sites excluding steroid dienone is 1. The summed E-state index contributed by atoms with van der Waals surface area (Å²) in [4.78, 5) is 19.0. The summed E-state index contributed by atoms with van der Waals surface area (Å²) in [6.07, 6.45) is 9.31. The zero-order valence-electron chi connectivity index (χ0n) is 14.6. The number of nitrogens with zero attached hydrogens (tertiary/aromatic N) is 2. The lowest BCUT2D eigenvalue weighted by Gasteiger charge is -2.29. The maximum Gasteiger partial charge on any atom is 0.230 e. The van der Waals surface area contributed by atoms with Crippen LogP contribution in [0.5, 0.6) is 0 Å². The molecule has 2 N–H and O–H groups in total. The standard InChI is InChI=1S/C17H32N4O/c1-5-7-10-13-19-16(18-6-2)20-14-17(11-8-9-12-17)15(22)21(3)4/h5,7H,6,8-14H2,1-4H3,(H2,18,19,20)/b7-5+. The highest BCUT2D eigenvalue weighted by atomic mass is 16.2. The number of guanidine groups is 1. The van der Waals surface area contributed by atoms with Crippen LogP contribution in [0, 0.1) is 5.41 Å². The Labute approximate surface area is 135 Å². The number of nitrogens with one attached hydrogen (secondary N) is 2. The van der Waals surface area contributed by atoms with Crippen LogP contribution in [0.25, 0.3) is 0 Å². The Morgan fingerprint density at radius 3 is 2.50 bits per heavy atom. The predicted molar refractivity (Wildman–Crippen MR) is 93.0 cm³/mol. The molecule has 0 bridgehead atoms. The lowest BCUT2D eigenvalue weighted by atomic mass is 9.85. The van der Waals surface area contributed by atoms with Crippen molar-refractivity contribution in [2.45, 2.75) is 46.0 Å². The molecular formula is C17H32N4O. The molecule has 5 nitrogen and oxygen atoms in total. The summed E-state index contributed by atoms with van der Waals surface area (Å²) in [6, 6.07) is 0. The Hall–Kier alpha value is -1.52. The van der Waals surface area contributed by atoms with Crippen molar-refractivity contribution in [2.24, 2.45) is 10.4 Å². The van der Waals surface area contributed by atoms with Crippen molar-refractivity contribution in [3.05, 3.63) is 12.2 Å². The number of hydrogen-bond donors (Lipinski definition) is 2. The van der Waals surface area contributed by atoms with Crippen molar-refractivity contribution in [1.82, 2.24) is 15.5 Å². The smallest absolute Gasteiger partial charge is 0.230 e. The van der Waals surface area contributed by atoms with Gasteiger partial charge in [0.15, 0.2) is 5.96 Å². The van der Waals surface area contributed by atoms with Crippen LogP contribution in [0.2, 0.25) is 0 Å². The largest absolute Gasteiger partial charge is 0.357 e. The average Bonchev–Trinajstić information content (AvgIpc) is 2.98. The van der Waals surface area contributed by atoms with Gasteiger partial charge < -0.3 is 15.5 Å². The number of hydrogen-bond acceptors (Lipinski definition) is 2. The Kier molecular flexibility index (Phi) is 7.99. The summed E-state index contributed by atoms with van der Waals surface area (Å²) in [5.74, 6) is 1.03. The van der Waals surface area contributed by atoms with Crippen molar-refractivity contribution in [1.29, 1.82) is 0 Å². The zero-order chi connectivity index (χ0) is 16.4. The Balaban J connectivity index is 2.70. The topological polar surface area (TPSA) is 56.7 Å². The van der Waals surface area contributed by atoms with E-state index in [1.165, 1.54) is 0 Å². The minimum Gasteiger partial charge on any atom is -0.357 e. The molecule has 0 aromatic rings. The van der Waals surface area contributed by atoms with Gasteiger partial charge in [0.2, 0.25) is 5.91 Å². The zero-order valence-corrected chi connectivity index (χ0v) is 14.6. The van der Waals surface area contributed by atoms with Crippen LogP contribution in [-0.2, 0) is 4.79 Å². The molecule has 1 saturated carbocycles. The minimum atomic E-state index is -0.296. The summed E-state index contributed by atoms with van der Waals surface area (Å²) in [6.45, 7) is 6.33. The van der Waals surface area contributed by atoms with E-state index in [1.807, 2.05) is 21.0 Å². The second kappa shape index (κ2) is 9.49. The summed E-state index contributed by atoms with van der Waals surface area (Å²) < 4.78 is 0. The van der Waals surface area contributed by atoms with Crippen LogP contribution in [0.1, 0.15) is 46.0 Å². The summed E-state index contributed by atoms with van der Waals surface area (Å²) in [5.41, 5.74) is -0.296. The van der Waals surface area contributed by atoms with Crippen LogP contribution in [0.4, 0.5) is 0 Å². The fourth-order valence-corrected chi connectivity index (χ4v) is 2.98. The maximum absolute atomic E-state index is 12.5. The van der Waals surface area contributed by atoms with E-state index in [1.54, 1.807) is 4.90 Å². The first-order valence-electron chi connectivity index (χ1n) is 8.41. The molecule has 126 valence electrons. The van der Waals surface area contributed by atoms with E-state index < -0.39 is 0 Å². The van der Waals surface area contributed by atoms with Crippen LogP contribution < -0.4 is 10.6 Å². The van der Waals surface area contributed by atoms with E-state index in [2.05, 4.69) is 29.7 Å². The number of aliphatic imine (C=N–C) groups is 1. The van der Waals surface area contributed by atoms with Gasteiger partial charge >= 0.3 is 0 Å². The van der Waals surface area contributed by atoms with Gasteiger partial charge in [-0.25, -0.2) is 0 Å². The fraction of sp³-hybridized carbons (Fsp3) is 0.765. The van der Waals surface area contributed by atoms with Crippen molar-refractivity contribution in [3.63, 3.8) is 0 Å². The second-order valence-electron chi connectivity index (χ2n) is 6.17. The maximum atomic E-state index is 12.5. The highest BCUT2D eigenvalue weighted by molar-refractivity contribution is 5.84. The molecular weight excluding hydrogens is 276 g/mol. The molecule has 0 aromatic heterocycles. The van der Waals surface area contributed by atoms with Gasteiger partial charge in [0.05, 0.1) is 12.0 Å². The first kappa shape index (κ1) is 18.5. The molecule has 0 radical (unpaired) electrons. The van der Waals surface area contributed by atoms with Crippen molar-refractivity contribution in [3.8, 4) is 0 Å². The molecule has 1 aliphatic rings. The van der Waals surface area contributed by atoms with E-state index in [4.69, 9.17) is 4.99 Å². The molecule has 0 aromatic carbocycles. The van der Waals surface area contributed by atoms with Crippen molar-refractivity contribution >= 4 is 11.9 Å². The van der Waals surface area contributed by atoms with E-state index in [0.29, 0.717) is 6.54 Å². The van der Waals surface area contributed by atoms with Gasteiger partial charge in [0.25, 0.3) is 0 Å². The molecule has 0 aliphatic heterocycles. The predicted octanol–water partition coefficient (Wildman–Crippen LogP) is 2.16. The fourth-order valence-electron chi connectivity index (χ4n) is 2.98. The molecule has 0 saturated heterocycles. The van der Waals surface area contributed by atoms with Gasteiger partial charge in [-0.15, -0.1) is 0 Å².